The van der Waals surface area contributed by atoms with Gasteiger partial charge < -0.3 is 10.6 Å². The van der Waals surface area contributed by atoms with Gasteiger partial charge in [-0.3, -0.25) is 4.79 Å². The highest BCUT2D eigenvalue weighted by atomic mass is 79.9. The monoisotopic (exact) mass is 338 g/mol. The Labute approximate surface area is 117 Å². The molecule has 0 spiro atoms. The first-order chi connectivity index (χ1) is 8.70. The Hall–Kier alpha value is -1.24. The number of carbonyl (C=O) groups is 1. The largest absolute Gasteiger partial charge is 0.418 e. The molecule has 0 heterocycles. The zero-order valence-electron chi connectivity index (χ0n) is 10.4. The molecule has 0 atom stereocenters. The first-order valence-electron chi connectivity index (χ1n) is 5.60. The minimum Gasteiger partial charge on any atom is -0.376 e. The lowest BCUT2D eigenvalue weighted by molar-refractivity contribution is -0.137. The minimum absolute atomic E-state index is 0.0543. The van der Waals surface area contributed by atoms with Crippen LogP contribution >= 0.6 is 15.9 Å². The zero-order valence-corrected chi connectivity index (χ0v) is 12.0. The third kappa shape index (κ3) is 5.10. The second-order valence-electron chi connectivity index (χ2n) is 4.26. The number of hydrogen-bond donors (Lipinski definition) is 2. The van der Waals surface area contributed by atoms with Crippen molar-refractivity contribution in [1.29, 1.82) is 0 Å². The maximum absolute atomic E-state index is 12.8. The molecule has 1 aromatic carbocycles. The van der Waals surface area contributed by atoms with E-state index in [4.69, 9.17) is 0 Å². The van der Waals surface area contributed by atoms with E-state index in [0.717, 1.165) is 6.07 Å². The molecule has 0 saturated carbocycles. The third-order valence-corrected chi connectivity index (χ3v) is 2.67. The van der Waals surface area contributed by atoms with Crippen LogP contribution < -0.4 is 10.6 Å². The molecular formula is C12H14BrF3N2O. The van der Waals surface area contributed by atoms with Gasteiger partial charge in [0.1, 0.15) is 0 Å². The smallest absolute Gasteiger partial charge is 0.376 e. The van der Waals surface area contributed by atoms with Crippen LogP contribution in [0.3, 0.4) is 0 Å². The molecule has 19 heavy (non-hydrogen) atoms. The van der Waals surface area contributed by atoms with Gasteiger partial charge in [-0.1, -0.05) is 15.9 Å². The van der Waals surface area contributed by atoms with Gasteiger partial charge in [-0.15, -0.1) is 0 Å². The van der Waals surface area contributed by atoms with Crippen molar-refractivity contribution in [1.82, 2.24) is 5.32 Å². The number of benzene rings is 1. The van der Waals surface area contributed by atoms with Crippen molar-refractivity contribution >= 4 is 27.5 Å². The molecule has 1 aromatic rings. The molecule has 3 nitrogen and oxygen atoms in total. The van der Waals surface area contributed by atoms with E-state index >= 15 is 0 Å². The van der Waals surface area contributed by atoms with Crippen LogP contribution in [0.2, 0.25) is 0 Å². The van der Waals surface area contributed by atoms with E-state index < -0.39 is 11.7 Å². The number of amides is 1. The summed E-state index contributed by atoms with van der Waals surface area (Å²) in [6.45, 7) is 3.35. The van der Waals surface area contributed by atoms with E-state index in [9.17, 15) is 18.0 Å². The lowest BCUT2D eigenvalue weighted by Crippen LogP contribution is -2.35. The highest BCUT2D eigenvalue weighted by molar-refractivity contribution is 9.10. The Morgan fingerprint density at radius 2 is 2.00 bits per heavy atom. The number of rotatable bonds is 4. The molecule has 0 bridgehead atoms. The predicted octanol–water partition coefficient (Wildman–Crippen LogP) is 3.40. The van der Waals surface area contributed by atoms with Crippen molar-refractivity contribution in [2.75, 3.05) is 11.9 Å². The summed E-state index contributed by atoms with van der Waals surface area (Å²) in [4.78, 5) is 11.4. The van der Waals surface area contributed by atoms with Gasteiger partial charge in [0.05, 0.1) is 12.1 Å². The van der Waals surface area contributed by atoms with Crippen LogP contribution in [0.5, 0.6) is 0 Å². The summed E-state index contributed by atoms with van der Waals surface area (Å²) in [6.07, 6.45) is -4.47. The average Bonchev–Trinajstić information content (AvgIpc) is 2.25. The van der Waals surface area contributed by atoms with Crippen molar-refractivity contribution in [3.63, 3.8) is 0 Å². The first kappa shape index (κ1) is 15.8. The normalized spacial score (nSPS) is 11.5. The van der Waals surface area contributed by atoms with Gasteiger partial charge in [0.2, 0.25) is 5.91 Å². The second kappa shape index (κ2) is 6.27. The molecule has 1 amide bonds. The second-order valence-corrected chi connectivity index (χ2v) is 5.18. The van der Waals surface area contributed by atoms with E-state index in [2.05, 4.69) is 26.6 Å². The van der Waals surface area contributed by atoms with Crippen LogP contribution in [0, 0.1) is 0 Å². The van der Waals surface area contributed by atoms with E-state index in [1.54, 1.807) is 13.8 Å². The summed E-state index contributed by atoms with van der Waals surface area (Å²) in [7, 11) is 0. The minimum atomic E-state index is -4.47. The summed E-state index contributed by atoms with van der Waals surface area (Å²) in [5.41, 5.74) is -0.922. The molecule has 0 aliphatic carbocycles. The molecule has 106 valence electrons. The summed E-state index contributed by atoms with van der Waals surface area (Å²) in [5, 5.41) is 5.09. The van der Waals surface area contributed by atoms with Gasteiger partial charge in [-0.25, -0.2) is 0 Å². The molecule has 0 radical (unpaired) electrons. The lowest BCUT2D eigenvalue weighted by Gasteiger charge is -2.15. The van der Waals surface area contributed by atoms with E-state index in [1.165, 1.54) is 12.1 Å². The van der Waals surface area contributed by atoms with Crippen LogP contribution in [-0.2, 0) is 11.0 Å². The summed E-state index contributed by atoms with van der Waals surface area (Å²) < 4.78 is 38.7. The van der Waals surface area contributed by atoms with Crippen molar-refractivity contribution in [2.24, 2.45) is 0 Å². The Balaban J connectivity index is 2.81. The maximum atomic E-state index is 12.8. The molecule has 0 saturated heterocycles. The van der Waals surface area contributed by atoms with E-state index in [1.807, 2.05) is 0 Å². The fraction of sp³-hybridized carbons (Fsp3) is 0.417. The summed E-state index contributed by atoms with van der Waals surface area (Å²) in [5.74, 6) is -0.356. The number of anilines is 1. The quantitative estimate of drug-likeness (QED) is 0.883. The molecular weight excluding hydrogens is 325 g/mol. The van der Waals surface area contributed by atoms with Crippen molar-refractivity contribution < 1.29 is 18.0 Å². The molecule has 0 aliphatic heterocycles. The summed E-state index contributed by atoms with van der Waals surface area (Å²) >= 11 is 2.99. The fourth-order valence-electron chi connectivity index (χ4n) is 1.45. The topological polar surface area (TPSA) is 41.1 Å². The number of hydrogen-bond acceptors (Lipinski definition) is 2. The number of alkyl halides is 3. The van der Waals surface area contributed by atoms with E-state index in [-0.39, 0.29) is 24.2 Å². The predicted molar refractivity (Wildman–Crippen MR) is 70.9 cm³/mol. The van der Waals surface area contributed by atoms with Crippen LogP contribution in [0.4, 0.5) is 18.9 Å². The van der Waals surface area contributed by atoms with Gasteiger partial charge in [-0.05, 0) is 32.0 Å². The van der Waals surface area contributed by atoms with Crippen LogP contribution in [-0.4, -0.2) is 18.5 Å². The van der Waals surface area contributed by atoms with Gasteiger partial charge in [-0.2, -0.15) is 13.2 Å². The molecule has 0 aromatic heterocycles. The molecule has 0 fully saturated rings. The Morgan fingerprint density at radius 1 is 1.37 bits per heavy atom. The first-order valence-corrected chi connectivity index (χ1v) is 6.39. The van der Waals surface area contributed by atoms with Gasteiger partial charge in [0.15, 0.2) is 0 Å². The highest BCUT2D eigenvalue weighted by Gasteiger charge is 2.33. The highest BCUT2D eigenvalue weighted by Crippen LogP contribution is 2.36. The number of nitrogens with one attached hydrogen (secondary N) is 2. The van der Waals surface area contributed by atoms with Crippen molar-refractivity contribution in [3.8, 4) is 0 Å². The fourth-order valence-corrected chi connectivity index (χ4v) is 1.81. The van der Waals surface area contributed by atoms with Gasteiger partial charge >= 0.3 is 6.18 Å². The molecule has 0 aliphatic rings. The van der Waals surface area contributed by atoms with Crippen molar-refractivity contribution in [2.45, 2.75) is 26.1 Å². The summed E-state index contributed by atoms with van der Waals surface area (Å²) in [6, 6.07) is 3.69. The number of carbonyl (C=O) groups excluding carboxylic acids is 1. The molecule has 1 rings (SSSR count). The maximum Gasteiger partial charge on any atom is 0.418 e. The lowest BCUT2D eigenvalue weighted by atomic mass is 10.1. The average molecular weight is 339 g/mol. The van der Waals surface area contributed by atoms with E-state index in [0.29, 0.717) is 4.47 Å². The molecule has 7 heteroatoms. The zero-order chi connectivity index (χ0) is 14.6. The van der Waals surface area contributed by atoms with Gasteiger partial charge in [0.25, 0.3) is 0 Å². The Morgan fingerprint density at radius 3 is 2.53 bits per heavy atom. The van der Waals surface area contributed by atoms with Gasteiger partial charge in [0, 0.05) is 16.2 Å². The standard InChI is InChI=1S/C12H14BrF3N2O/c1-7(2)18-11(19)6-17-10-4-3-8(13)5-9(10)12(14,15)16/h3-5,7,17H,6H2,1-2H3,(H,18,19). The SMILES string of the molecule is CC(C)NC(=O)CNc1ccc(Br)cc1C(F)(F)F. The Kier molecular flexibility index (Phi) is 5.22. The van der Waals surface area contributed by atoms with Crippen LogP contribution in [0.15, 0.2) is 22.7 Å². The molecule has 2 N–H and O–H groups in total. The molecule has 0 unspecified atom stereocenters. The third-order valence-electron chi connectivity index (χ3n) is 2.18. The van der Waals surface area contributed by atoms with Crippen LogP contribution in [0.25, 0.3) is 0 Å². The number of halogens is 4. The Bertz CT molecular complexity index is 461. The van der Waals surface area contributed by atoms with Crippen molar-refractivity contribution in [3.05, 3.63) is 28.2 Å². The van der Waals surface area contributed by atoms with Crippen LogP contribution in [0.1, 0.15) is 19.4 Å².